The average Bonchev–Trinajstić information content (AvgIpc) is 2.62. The molecule has 0 bridgehead atoms. The van der Waals surface area contributed by atoms with E-state index in [4.69, 9.17) is 14.6 Å². The topological polar surface area (TPSA) is 111 Å². The maximum Gasteiger partial charge on any atom is 0.238 e. The van der Waals surface area contributed by atoms with Crippen LogP contribution < -0.4 is 19.9 Å². The van der Waals surface area contributed by atoms with E-state index in [0.717, 1.165) is 0 Å². The lowest BCUT2D eigenvalue weighted by molar-refractivity contribution is 0.230. The molecule has 0 aliphatic heterocycles. The molecule has 4 N–H and O–H groups in total. The molecule has 0 aliphatic rings. The Morgan fingerprint density at radius 3 is 2.50 bits per heavy atom. The summed E-state index contributed by atoms with van der Waals surface area (Å²) in [6, 6.07) is 11.8. The Labute approximate surface area is 153 Å². The first kappa shape index (κ1) is 20.2. The van der Waals surface area contributed by atoms with Crippen molar-refractivity contribution in [2.75, 3.05) is 26.9 Å². The van der Waals surface area contributed by atoms with Crippen molar-refractivity contribution in [3.8, 4) is 11.5 Å². The third-order valence-electron chi connectivity index (χ3n) is 3.92. The molecule has 2 aromatic rings. The van der Waals surface area contributed by atoms with Crippen molar-refractivity contribution < 1.29 is 23.0 Å². The number of nitrogens with two attached hydrogens (primary N) is 1. The Kier molecular flexibility index (Phi) is 6.98. The van der Waals surface area contributed by atoms with Gasteiger partial charge in [0.2, 0.25) is 10.0 Å². The summed E-state index contributed by atoms with van der Waals surface area (Å²) in [5.41, 5.74) is 1.20. The molecule has 7 nitrogen and oxygen atoms in total. The van der Waals surface area contributed by atoms with Gasteiger partial charge in [0.05, 0.1) is 24.7 Å². The van der Waals surface area contributed by atoms with Gasteiger partial charge >= 0.3 is 0 Å². The molecule has 0 saturated heterocycles. The predicted molar refractivity (Wildman–Crippen MR) is 98.9 cm³/mol. The summed E-state index contributed by atoms with van der Waals surface area (Å²) >= 11 is 0. The number of nitrogens with one attached hydrogen (secondary N) is 1. The normalized spacial score (nSPS) is 12.6. The SMILES string of the molecule is COc1ccccc1OCCNC(CO)c1ccc(C)c(S(N)(=O)=O)c1. The summed E-state index contributed by atoms with van der Waals surface area (Å²) < 4.78 is 34.2. The van der Waals surface area contributed by atoms with Crippen LogP contribution in [0.3, 0.4) is 0 Å². The molecule has 0 amide bonds. The minimum absolute atomic E-state index is 0.0560. The van der Waals surface area contributed by atoms with Crippen LogP contribution in [0.5, 0.6) is 11.5 Å². The van der Waals surface area contributed by atoms with Crippen molar-refractivity contribution in [3.63, 3.8) is 0 Å². The smallest absolute Gasteiger partial charge is 0.238 e. The van der Waals surface area contributed by atoms with Crippen molar-refractivity contribution in [1.29, 1.82) is 0 Å². The van der Waals surface area contributed by atoms with E-state index in [1.165, 1.54) is 6.07 Å². The van der Waals surface area contributed by atoms with E-state index in [-0.39, 0.29) is 11.5 Å². The zero-order valence-electron chi connectivity index (χ0n) is 14.8. The zero-order chi connectivity index (χ0) is 19.2. The molecule has 0 aliphatic carbocycles. The van der Waals surface area contributed by atoms with Crippen LogP contribution in [0.4, 0.5) is 0 Å². The number of hydrogen-bond acceptors (Lipinski definition) is 6. The van der Waals surface area contributed by atoms with E-state index in [1.54, 1.807) is 38.3 Å². The fourth-order valence-electron chi connectivity index (χ4n) is 2.56. The summed E-state index contributed by atoms with van der Waals surface area (Å²) in [5.74, 6) is 1.27. The van der Waals surface area contributed by atoms with E-state index in [1.807, 2.05) is 12.1 Å². The highest BCUT2D eigenvalue weighted by atomic mass is 32.2. The number of aryl methyl sites for hydroxylation is 1. The van der Waals surface area contributed by atoms with Crippen molar-refractivity contribution in [2.45, 2.75) is 17.9 Å². The van der Waals surface area contributed by atoms with Crippen LogP contribution in [0.2, 0.25) is 0 Å². The molecule has 142 valence electrons. The van der Waals surface area contributed by atoms with Gasteiger partial charge in [-0.3, -0.25) is 0 Å². The van der Waals surface area contributed by atoms with E-state index in [9.17, 15) is 13.5 Å². The van der Waals surface area contributed by atoms with Gasteiger partial charge in [-0.05, 0) is 36.2 Å². The molecule has 0 radical (unpaired) electrons. The summed E-state index contributed by atoms with van der Waals surface area (Å²) in [6.07, 6.45) is 0. The number of sulfonamides is 1. The molecule has 0 saturated carbocycles. The van der Waals surface area contributed by atoms with Crippen molar-refractivity contribution in [1.82, 2.24) is 5.32 Å². The standard InChI is InChI=1S/C18H24N2O5S/c1-13-7-8-14(11-18(13)26(19,22)23)15(12-21)20-9-10-25-17-6-4-3-5-16(17)24-2/h3-8,11,15,20-21H,9-10,12H2,1-2H3,(H2,19,22,23). The molecule has 2 aromatic carbocycles. The van der Waals surface area contributed by atoms with Crippen molar-refractivity contribution >= 4 is 10.0 Å². The second-order valence-corrected chi connectivity index (χ2v) is 7.29. The Morgan fingerprint density at radius 1 is 1.19 bits per heavy atom. The molecule has 0 heterocycles. The summed E-state index contributed by atoms with van der Waals surface area (Å²) in [6.45, 7) is 2.28. The fourth-order valence-corrected chi connectivity index (χ4v) is 3.38. The van der Waals surface area contributed by atoms with E-state index < -0.39 is 16.1 Å². The van der Waals surface area contributed by atoms with Crippen LogP contribution in [0.25, 0.3) is 0 Å². The van der Waals surface area contributed by atoms with Gasteiger partial charge in [-0.1, -0.05) is 24.3 Å². The Morgan fingerprint density at radius 2 is 1.88 bits per heavy atom. The highest BCUT2D eigenvalue weighted by molar-refractivity contribution is 7.89. The monoisotopic (exact) mass is 380 g/mol. The lowest BCUT2D eigenvalue weighted by atomic mass is 10.1. The van der Waals surface area contributed by atoms with E-state index in [0.29, 0.717) is 35.8 Å². The van der Waals surface area contributed by atoms with Gasteiger partial charge in [-0.2, -0.15) is 0 Å². The first-order chi connectivity index (χ1) is 12.4. The van der Waals surface area contributed by atoms with Gasteiger partial charge in [0.1, 0.15) is 6.61 Å². The molecular formula is C18H24N2O5S. The first-order valence-corrected chi connectivity index (χ1v) is 9.65. The number of para-hydroxylation sites is 2. The highest BCUT2D eigenvalue weighted by Gasteiger charge is 2.16. The number of ether oxygens (including phenoxy) is 2. The molecule has 2 rings (SSSR count). The van der Waals surface area contributed by atoms with Crippen LogP contribution in [-0.4, -0.2) is 40.4 Å². The molecular weight excluding hydrogens is 356 g/mol. The van der Waals surface area contributed by atoms with Crippen molar-refractivity contribution in [3.05, 3.63) is 53.6 Å². The Hall–Kier alpha value is -2.13. The second kappa shape index (κ2) is 9.00. The van der Waals surface area contributed by atoms with Crippen LogP contribution in [0, 0.1) is 6.92 Å². The van der Waals surface area contributed by atoms with Crippen LogP contribution in [0.1, 0.15) is 17.2 Å². The molecule has 0 spiro atoms. The Bertz CT molecular complexity index is 839. The van der Waals surface area contributed by atoms with Gasteiger partial charge in [-0.15, -0.1) is 0 Å². The highest BCUT2D eigenvalue weighted by Crippen LogP contribution is 2.25. The summed E-state index contributed by atoms with van der Waals surface area (Å²) in [7, 11) is -2.24. The van der Waals surface area contributed by atoms with Crippen LogP contribution in [-0.2, 0) is 10.0 Å². The van der Waals surface area contributed by atoms with Gasteiger partial charge in [0.15, 0.2) is 11.5 Å². The predicted octanol–water partition coefficient (Wildman–Crippen LogP) is 1.35. The number of benzene rings is 2. The first-order valence-electron chi connectivity index (χ1n) is 8.10. The van der Waals surface area contributed by atoms with Gasteiger partial charge < -0.3 is 19.9 Å². The number of primary sulfonamides is 1. The Balaban J connectivity index is 2.00. The largest absolute Gasteiger partial charge is 0.493 e. The molecule has 8 heteroatoms. The summed E-state index contributed by atoms with van der Waals surface area (Å²) in [5, 5.41) is 18.0. The quantitative estimate of drug-likeness (QED) is 0.567. The number of hydrogen-bond donors (Lipinski definition) is 3. The third-order valence-corrected chi connectivity index (χ3v) is 4.98. The van der Waals surface area contributed by atoms with Crippen LogP contribution >= 0.6 is 0 Å². The number of aliphatic hydroxyl groups is 1. The molecule has 1 atom stereocenters. The van der Waals surface area contributed by atoms with E-state index >= 15 is 0 Å². The van der Waals surface area contributed by atoms with Crippen molar-refractivity contribution in [2.24, 2.45) is 5.14 Å². The number of methoxy groups -OCH3 is 1. The lowest BCUT2D eigenvalue weighted by Gasteiger charge is -2.18. The maximum atomic E-state index is 11.7. The molecule has 1 unspecified atom stereocenters. The van der Waals surface area contributed by atoms with E-state index in [2.05, 4.69) is 5.32 Å². The molecule has 26 heavy (non-hydrogen) atoms. The minimum Gasteiger partial charge on any atom is -0.493 e. The number of rotatable bonds is 9. The zero-order valence-corrected chi connectivity index (χ0v) is 15.6. The average molecular weight is 380 g/mol. The molecule has 0 aromatic heterocycles. The third kappa shape index (κ3) is 5.18. The number of aliphatic hydroxyl groups excluding tert-OH is 1. The van der Waals surface area contributed by atoms with Gasteiger partial charge in [0, 0.05) is 6.54 Å². The van der Waals surface area contributed by atoms with Gasteiger partial charge in [-0.25, -0.2) is 13.6 Å². The van der Waals surface area contributed by atoms with Crippen LogP contribution in [0.15, 0.2) is 47.4 Å². The fraction of sp³-hybridized carbons (Fsp3) is 0.333. The lowest BCUT2D eigenvalue weighted by Crippen LogP contribution is -2.29. The molecule has 0 fully saturated rings. The minimum atomic E-state index is -3.81. The second-order valence-electron chi connectivity index (χ2n) is 5.76. The van der Waals surface area contributed by atoms with Gasteiger partial charge in [0.25, 0.3) is 0 Å². The maximum absolute atomic E-state index is 11.7. The summed E-state index contributed by atoms with van der Waals surface area (Å²) in [4.78, 5) is 0.0560.